The highest BCUT2D eigenvalue weighted by Gasteiger charge is 2.69. The summed E-state index contributed by atoms with van der Waals surface area (Å²) < 4.78 is 24.6. The maximum Gasteiger partial charge on any atom is 0.489 e. The molecule has 22 heavy (non-hydrogen) atoms. The summed E-state index contributed by atoms with van der Waals surface area (Å²) in [5, 5.41) is 0. The number of hydrogen-bond donors (Lipinski definition) is 0. The van der Waals surface area contributed by atoms with Crippen molar-refractivity contribution in [2.24, 2.45) is 23.7 Å². The zero-order chi connectivity index (χ0) is 16.7. The lowest BCUT2D eigenvalue weighted by Gasteiger charge is -2.54. The molecule has 4 nitrogen and oxygen atoms in total. The Kier molecular flexibility index (Phi) is 5.38. The molecule has 0 bridgehead atoms. The molecule has 0 spiro atoms. The molecular formula is C16H32B2O4. The summed E-state index contributed by atoms with van der Waals surface area (Å²) in [5.74, 6) is 1.35. The van der Waals surface area contributed by atoms with Crippen LogP contribution in [0.5, 0.6) is 0 Å². The molecule has 2 saturated heterocycles. The van der Waals surface area contributed by atoms with Gasteiger partial charge in [-0.3, -0.25) is 0 Å². The Balaban J connectivity index is 2.49. The maximum atomic E-state index is 6.62. The molecule has 0 aromatic carbocycles. The Morgan fingerprint density at radius 2 is 0.909 bits per heavy atom. The van der Waals surface area contributed by atoms with E-state index in [1.54, 1.807) is 0 Å². The van der Waals surface area contributed by atoms with Gasteiger partial charge in [0, 0.05) is 0 Å². The summed E-state index contributed by atoms with van der Waals surface area (Å²) in [6, 6.07) is 0. The quantitative estimate of drug-likeness (QED) is 0.731. The Bertz CT molecular complexity index is 334. The molecule has 0 radical (unpaired) electrons. The van der Waals surface area contributed by atoms with E-state index in [0.717, 1.165) is 0 Å². The normalized spacial score (nSPS) is 24.5. The fourth-order valence-electron chi connectivity index (χ4n) is 4.92. The first-order chi connectivity index (χ1) is 10.2. The van der Waals surface area contributed by atoms with Gasteiger partial charge in [0.2, 0.25) is 0 Å². The topological polar surface area (TPSA) is 36.9 Å². The molecule has 0 aliphatic carbocycles. The third kappa shape index (κ3) is 2.47. The van der Waals surface area contributed by atoms with Crippen molar-refractivity contribution in [3.63, 3.8) is 0 Å². The minimum Gasteiger partial charge on any atom is -0.411 e. The van der Waals surface area contributed by atoms with Crippen LogP contribution in [-0.2, 0) is 18.6 Å². The lowest BCUT2D eigenvalue weighted by molar-refractivity contribution is -0.158. The molecule has 0 atom stereocenters. The van der Waals surface area contributed by atoms with Crippen LogP contribution >= 0.6 is 0 Å². The van der Waals surface area contributed by atoms with Crippen molar-refractivity contribution in [1.82, 2.24) is 0 Å². The van der Waals surface area contributed by atoms with E-state index in [1.165, 1.54) is 0 Å². The fraction of sp³-hybridized carbons (Fsp3) is 1.00. The molecule has 2 heterocycles. The summed E-state index contributed by atoms with van der Waals surface area (Å²) in [4.78, 5) is 0. The van der Waals surface area contributed by atoms with Crippen LogP contribution in [0.25, 0.3) is 0 Å². The molecular weight excluding hydrogens is 278 g/mol. The maximum absolute atomic E-state index is 6.62. The molecule has 0 aromatic rings. The lowest BCUT2D eigenvalue weighted by atomic mass is 9.49. The molecule has 2 fully saturated rings. The molecule has 0 amide bonds. The van der Waals surface area contributed by atoms with Gasteiger partial charge in [0.25, 0.3) is 0 Å². The molecule has 0 N–H and O–H groups in total. The SMILES string of the molecule is CC(C)C1(C(C)C)OB(B2OCCO2)OC1(C(C)C)C(C)C. The van der Waals surface area contributed by atoms with Crippen molar-refractivity contribution in [2.45, 2.75) is 66.6 Å². The Labute approximate surface area is 136 Å². The molecule has 2 aliphatic heterocycles. The van der Waals surface area contributed by atoms with Crippen LogP contribution in [0.1, 0.15) is 55.4 Å². The monoisotopic (exact) mass is 310 g/mol. The third-order valence-electron chi connectivity index (χ3n) is 5.53. The number of hydrogen-bond acceptors (Lipinski definition) is 4. The first-order valence-corrected chi connectivity index (χ1v) is 8.79. The van der Waals surface area contributed by atoms with Gasteiger partial charge in [-0.2, -0.15) is 0 Å². The van der Waals surface area contributed by atoms with Crippen molar-refractivity contribution >= 4 is 14.0 Å². The van der Waals surface area contributed by atoms with Gasteiger partial charge in [-0.1, -0.05) is 55.4 Å². The molecule has 0 saturated carbocycles. The highest BCUT2D eigenvalue weighted by molar-refractivity contribution is 7.11. The predicted octanol–water partition coefficient (Wildman–Crippen LogP) is 3.24. The van der Waals surface area contributed by atoms with Crippen LogP contribution < -0.4 is 0 Å². The third-order valence-corrected chi connectivity index (χ3v) is 5.53. The van der Waals surface area contributed by atoms with Gasteiger partial charge in [0.05, 0.1) is 24.4 Å². The Hall–Kier alpha value is -0.0301. The molecule has 6 heteroatoms. The summed E-state index contributed by atoms with van der Waals surface area (Å²) >= 11 is 0. The average Bonchev–Trinajstić information content (AvgIpc) is 3.04. The molecule has 2 rings (SSSR count). The zero-order valence-electron chi connectivity index (χ0n) is 15.5. The van der Waals surface area contributed by atoms with E-state index in [1.807, 2.05) is 0 Å². The molecule has 126 valence electrons. The minimum absolute atomic E-state index is 0.337. The second-order valence-electron chi connectivity index (χ2n) is 7.92. The van der Waals surface area contributed by atoms with Crippen molar-refractivity contribution in [2.75, 3.05) is 13.2 Å². The summed E-state index contributed by atoms with van der Waals surface area (Å²) in [6.07, 6.45) is 0. The Morgan fingerprint density at radius 3 is 1.18 bits per heavy atom. The van der Waals surface area contributed by atoms with Gasteiger partial charge < -0.3 is 18.6 Å². The molecule has 0 aromatic heterocycles. The van der Waals surface area contributed by atoms with E-state index in [-0.39, 0.29) is 11.2 Å². The predicted molar refractivity (Wildman–Crippen MR) is 90.4 cm³/mol. The van der Waals surface area contributed by atoms with Crippen LogP contribution in [0.3, 0.4) is 0 Å². The Morgan fingerprint density at radius 1 is 0.591 bits per heavy atom. The summed E-state index contributed by atoms with van der Waals surface area (Å²) in [6.45, 7) is 19.1. The van der Waals surface area contributed by atoms with Crippen LogP contribution in [0.4, 0.5) is 0 Å². The second-order valence-corrected chi connectivity index (χ2v) is 7.92. The lowest BCUT2D eigenvalue weighted by Crippen LogP contribution is -2.64. The van der Waals surface area contributed by atoms with Crippen molar-refractivity contribution in [3.8, 4) is 0 Å². The van der Waals surface area contributed by atoms with Crippen molar-refractivity contribution < 1.29 is 18.6 Å². The van der Waals surface area contributed by atoms with Gasteiger partial charge >= 0.3 is 14.0 Å². The average molecular weight is 310 g/mol. The van der Waals surface area contributed by atoms with Crippen molar-refractivity contribution in [1.29, 1.82) is 0 Å². The van der Waals surface area contributed by atoms with E-state index >= 15 is 0 Å². The van der Waals surface area contributed by atoms with E-state index in [0.29, 0.717) is 36.9 Å². The molecule has 2 aliphatic rings. The zero-order valence-corrected chi connectivity index (χ0v) is 15.5. The largest absolute Gasteiger partial charge is 0.489 e. The van der Waals surface area contributed by atoms with Crippen LogP contribution in [0, 0.1) is 23.7 Å². The standard InChI is InChI=1S/C16H32B2O4/c1-11(2)15(12(3)4)16(13(5)6,14(7)8)22-18(21-15)17-19-9-10-20-17/h11-14H,9-10H2,1-8H3. The van der Waals surface area contributed by atoms with Gasteiger partial charge in [0.1, 0.15) is 0 Å². The van der Waals surface area contributed by atoms with Crippen LogP contribution in [-0.4, -0.2) is 38.4 Å². The van der Waals surface area contributed by atoms with Crippen LogP contribution in [0.15, 0.2) is 0 Å². The second kappa shape index (κ2) is 6.46. The van der Waals surface area contributed by atoms with E-state index in [9.17, 15) is 0 Å². The summed E-state index contributed by atoms with van der Waals surface area (Å²) in [7, 11) is -0.853. The smallest absolute Gasteiger partial charge is 0.411 e. The van der Waals surface area contributed by atoms with Crippen LogP contribution in [0.2, 0.25) is 0 Å². The van der Waals surface area contributed by atoms with E-state index in [2.05, 4.69) is 55.4 Å². The first-order valence-electron chi connectivity index (χ1n) is 8.79. The minimum atomic E-state index is -0.447. The van der Waals surface area contributed by atoms with Crippen molar-refractivity contribution in [3.05, 3.63) is 0 Å². The van der Waals surface area contributed by atoms with Gasteiger partial charge in [-0.15, -0.1) is 0 Å². The van der Waals surface area contributed by atoms with Gasteiger partial charge in [-0.05, 0) is 23.7 Å². The fourth-order valence-corrected chi connectivity index (χ4v) is 4.92. The van der Waals surface area contributed by atoms with Gasteiger partial charge in [-0.25, -0.2) is 0 Å². The first kappa shape index (κ1) is 18.3. The highest BCUT2D eigenvalue weighted by Crippen LogP contribution is 2.55. The highest BCUT2D eigenvalue weighted by atomic mass is 16.7. The van der Waals surface area contributed by atoms with E-state index < -0.39 is 14.0 Å². The summed E-state index contributed by atoms with van der Waals surface area (Å²) in [5.41, 5.74) is -0.704. The number of rotatable bonds is 5. The van der Waals surface area contributed by atoms with Gasteiger partial charge in [0.15, 0.2) is 0 Å². The molecule has 0 unspecified atom stereocenters. The van der Waals surface area contributed by atoms with E-state index in [4.69, 9.17) is 18.6 Å².